The fraction of sp³-hybridized carbons (Fsp3) is 0.611. The number of hydrogen-bond acceptors (Lipinski definition) is 2. The molecule has 3 rings (SSSR count). The molecule has 0 spiro atoms. The third kappa shape index (κ3) is 3.31. The minimum atomic E-state index is -0.397. The van der Waals surface area contributed by atoms with Crippen molar-refractivity contribution < 1.29 is 4.79 Å². The zero-order chi connectivity index (χ0) is 15.6. The molecule has 4 heteroatoms. The second kappa shape index (κ2) is 6.59. The Labute approximate surface area is 137 Å². The highest BCUT2D eigenvalue weighted by Crippen LogP contribution is 2.40. The van der Waals surface area contributed by atoms with Crippen molar-refractivity contribution in [3.8, 4) is 0 Å². The van der Waals surface area contributed by atoms with E-state index in [4.69, 9.17) is 17.3 Å². The van der Waals surface area contributed by atoms with Crippen molar-refractivity contribution in [2.24, 2.45) is 11.7 Å². The number of rotatable bonds is 5. The van der Waals surface area contributed by atoms with Gasteiger partial charge in [0.05, 0.1) is 5.41 Å². The molecule has 0 radical (unpaired) electrons. The zero-order valence-electron chi connectivity index (χ0n) is 13.0. The average molecular weight is 321 g/mol. The van der Waals surface area contributed by atoms with E-state index in [2.05, 4.69) is 5.32 Å². The summed E-state index contributed by atoms with van der Waals surface area (Å²) in [7, 11) is 0. The molecule has 0 aromatic heterocycles. The fourth-order valence-corrected chi connectivity index (χ4v) is 3.77. The lowest BCUT2D eigenvalue weighted by molar-refractivity contribution is -0.128. The van der Waals surface area contributed by atoms with Gasteiger partial charge in [0, 0.05) is 17.6 Å². The van der Waals surface area contributed by atoms with Crippen molar-refractivity contribution >= 4 is 17.5 Å². The van der Waals surface area contributed by atoms with Crippen LogP contribution < -0.4 is 11.1 Å². The molecule has 2 aliphatic rings. The number of carbonyl (C=O) groups is 1. The van der Waals surface area contributed by atoms with E-state index in [0.717, 1.165) is 31.2 Å². The van der Waals surface area contributed by atoms with Gasteiger partial charge in [0.25, 0.3) is 0 Å². The average Bonchev–Trinajstić information content (AvgIpc) is 3.38. The summed E-state index contributed by atoms with van der Waals surface area (Å²) < 4.78 is 0. The van der Waals surface area contributed by atoms with Crippen LogP contribution in [-0.2, 0) is 10.2 Å². The molecule has 1 aromatic carbocycles. The molecule has 2 saturated carbocycles. The number of nitrogens with two attached hydrogens (primary N) is 1. The molecule has 120 valence electrons. The van der Waals surface area contributed by atoms with Crippen LogP contribution in [0.5, 0.6) is 0 Å². The van der Waals surface area contributed by atoms with E-state index in [-0.39, 0.29) is 11.9 Å². The number of nitrogens with one attached hydrogen (secondary N) is 1. The molecule has 1 amide bonds. The van der Waals surface area contributed by atoms with Crippen molar-refractivity contribution in [3.63, 3.8) is 0 Å². The van der Waals surface area contributed by atoms with Crippen molar-refractivity contribution in [1.29, 1.82) is 0 Å². The Hall–Kier alpha value is -1.06. The monoisotopic (exact) mass is 320 g/mol. The maximum atomic E-state index is 13.0. The Morgan fingerprint density at radius 1 is 1.23 bits per heavy atom. The molecular weight excluding hydrogens is 296 g/mol. The van der Waals surface area contributed by atoms with E-state index in [9.17, 15) is 4.79 Å². The van der Waals surface area contributed by atoms with Crippen LogP contribution in [0.3, 0.4) is 0 Å². The molecule has 1 aromatic rings. The van der Waals surface area contributed by atoms with Gasteiger partial charge in [-0.1, -0.05) is 43.0 Å². The summed E-state index contributed by atoms with van der Waals surface area (Å²) in [6.45, 7) is 0.596. The first-order valence-corrected chi connectivity index (χ1v) is 8.79. The molecule has 2 aliphatic carbocycles. The largest absolute Gasteiger partial charge is 0.354 e. The van der Waals surface area contributed by atoms with Crippen LogP contribution in [0.15, 0.2) is 24.3 Å². The molecule has 0 heterocycles. The predicted molar refractivity (Wildman–Crippen MR) is 89.9 cm³/mol. The number of benzene rings is 1. The van der Waals surface area contributed by atoms with Crippen LogP contribution >= 0.6 is 11.6 Å². The number of amides is 1. The second-order valence-electron chi connectivity index (χ2n) is 6.86. The summed E-state index contributed by atoms with van der Waals surface area (Å²) in [5.74, 6) is 0.753. The van der Waals surface area contributed by atoms with Gasteiger partial charge in [-0.3, -0.25) is 4.79 Å². The molecule has 0 bridgehead atoms. The van der Waals surface area contributed by atoms with E-state index in [1.165, 1.54) is 19.3 Å². The van der Waals surface area contributed by atoms with Gasteiger partial charge in [0.2, 0.25) is 5.91 Å². The number of hydrogen-bond donors (Lipinski definition) is 2. The highest BCUT2D eigenvalue weighted by Gasteiger charge is 2.41. The van der Waals surface area contributed by atoms with Gasteiger partial charge in [-0.2, -0.15) is 0 Å². The van der Waals surface area contributed by atoms with Crippen LogP contribution in [-0.4, -0.2) is 18.5 Å². The Morgan fingerprint density at radius 2 is 1.86 bits per heavy atom. The number of halogens is 1. The van der Waals surface area contributed by atoms with Gasteiger partial charge >= 0.3 is 0 Å². The lowest BCUT2D eigenvalue weighted by Crippen LogP contribution is -2.49. The van der Waals surface area contributed by atoms with Gasteiger partial charge in [-0.15, -0.1) is 0 Å². The molecule has 22 heavy (non-hydrogen) atoms. The molecule has 2 fully saturated rings. The van der Waals surface area contributed by atoms with Crippen molar-refractivity contribution in [1.82, 2.24) is 5.32 Å². The van der Waals surface area contributed by atoms with Crippen molar-refractivity contribution in [2.75, 3.05) is 6.54 Å². The van der Waals surface area contributed by atoms with Crippen LogP contribution in [0.1, 0.15) is 50.5 Å². The maximum absolute atomic E-state index is 13.0. The fourth-order valence-electron chi connectivity index (χ4n) is 3.64. The topological polar surface area (TPSA) is 55.1 Å². The Bertz CT molecular complexity index is 518. The molecule has 1 atom stereocenters. The lowest BCUT2D eigenvalue weighted by Gasteiger charge is -2.36. The van der Waals surface area contributed by atoms with Gasteiger partial charge < -0.3 is 11.1 Å². The zero-order valence-corrected chi connectivity index (χ0v) is 13.7. The molecule has 3 N–H and O–H groups in total. The Balaban J connectivity index is 1.75. The predicted octanol–water partition coefficient (Wildman–Crippen LogP) is 3.40. The van der Waals surface area contributed by atoms with Crippen LogP contribution in [0, 0.1) is 5.92 Å². The summed E-state index contributed by atoms with van der Waals surface area (Å²) in [4.78, 5) is 13.0. The highest BCUT2D eigenvalue weighted by atomic mass is 35.5. The standard InChI is InChI=1S/C18H25ClN2O/c19-15-8-6-14(7-9-15)18(10-2-1-3-11-18)17(22)21-12-16(20)13-4-5-13/h6-9,13,16H,1-5,10-12,20H2,(H,21,22). The number of carbonyl (C=O) groups excluding carboxylic acids is 1. The van der Waals surface area contributed by atoms with E-state index >= 15 is 0 Å². The van der Waals surface area contributed by atoms with Gasteiger partial charge in [-0.05, 0) is 49.3 Å². The smallest absolute Gasteiger partial charge is 0.230 e. The molecule has 0 aliphatic heterocycles. The lowest BCUT2D eigenvalue weighted by atomic mass is 9.68. The molecular formula is C18H25ClN2O. The normalized spacial score (nSPS) is 22.1. The maximum Gasteiger partial charge on any atom is 0.230 e. The van der Waals surface area contributed by atoms with E-state index < -0.39 is 5.41 Å². The van der Waals surface area contributed by atoms with Gasteiger partial charge in [0.15, 0.2) is 0 Å². The first kappa shape index (κ1) is 15.8. The molecule has 0 saturated heterocycles. The third-order valence-corrected chi connectivity index (χ3v) is 5.52. The summed E-state index contributed by atoms with van der Waals surface area (Å²) >= 11 is 6.00. The summed E-state index contributed by atoms with van der Waals surface area (Å²) in [6, 6.07) is 7.89. The Morgan fingerprint density at radius 3 is 2.45 bits per heavy atom. The third-order valence-electron chi connectivity index (χ3n) is 5.26. The Kier molecular flexibility index (Phi) is 4.74. The van der Waals surface area contributed by atoms with Crippen molar-refractivity contribution in [2.45, 2.75) is 56.4 Å². The highest BCUT2D eigenvalue weighted by molar-refractivity contribution is 6.30. The first-order valence-electron chi connectivity index (χ1n) is 8.42. The van der Waals surface area contributed by atoms with E-state index in [1.54, 1.807) is 0 Å². The summed E-state index contributed by atoms with van der Waals surface area (Å²) in [5.41, 5.74) is 6.82. The SMILES string of the molecule is NC(CNC(=O)C1(c2ccc(Cl)cc2)CCCCC1)C1CC1. The van der Waals surface area contributed by atoms with Crippen LogP contribution in [0.25, 0.3) is 0 Å². The minimum Gasteiger partial charge on any atom is -0.354 e. The van der Waals surface area contributed by atoms with Crippen LogP contribution in [0.2, 0.25) is 5.02 Å². The van der Waals surface area contributed by atoms with Gasteiger partial charge in [-0.25, -0.2) is 0 Å². The van der Waals surface area contributed by atoms with E-state index in [1.807, 2.05) is 24.3 Å². The van der Waals surface area contributed by atoms with E-state index in [0.29, 0.717) is 17.5 Å². The van der Waals surface area contributed by atoms with Crippen molar-refractivity contribution in [3.05, 3.63) is 34.9 Å². The quantitative estimate of drug-likeness (QED) is 0.873. The second-order valence-corrected chi connectivity index (χ2v) is 7.30. The van der Waals surface area contributed by atoms with Crippen LogP contribution in [0.4, 0.5) is 0 Å². The first-order chi connectivity index (χ1) is 10.6. The molecule has 1 unspecified atom stereocenters. The summed E-state index contributed by atoms with van der Waals surface area (Å²) in [5, 5.41) is 3.84. The molecule has 3 nitrogen and oxygen atoms in total. The summed E-state index contributed by atoms with van der Waals surface area (Å²) in [6.07, 6.45) is 7.66. The minimum absolute atomic E-state index is 0.106. The van der Waals surface area contributed by atoms with Gasteiger partial charge in [0.1, 0.15) is 0 Å².